The maximum Gasteiger partial charge on any atom is -0.00107 e. The van der Waals surface area contributed by atoms with Crippen molar-refractivity contribution in [1.82, 2.24) is 6.15 Å². The van der Waals surface area contributed by atoms with E-state index < -0.39 is 0 Å². The lowest BCUT2D eigenvalue weighted by atomic mass is 9.98. The lowest BCUT2D eigenvalue weighted by Gasteiger charge is -2.06. The molecule has 82 valence electrons. The second-order valence-corrected chi connectivity index (χ2v) is 4.37. The molecular weight excluding hydrogens is 194 g/mol. The number of hydrogen-bond acceptors (Lipinski definition) is 1. The summed E-state index contributed by atoms with van der Waals surface area (Å²) in [7, 11) is 0. The molecular formula is C15H17N. The van der Waals surface area contributed by atoms with Crippen LogP contribution < -0.4 is 6.15 Å². The van der Waals surface area contributed by atoms with Gasteiger partial charge in [0.05, 0.1) is 0 Å². The van der Waals surface area contributed by atoms with Crippen LogP contribution in [0.25, 0.3) is 11.1 Å². The highest BCUT2D eigenvalue weighted by molar-refractivity contribution is 5.78. The van der Waals surface area contributed by atoms with Crippen molar-refractivity contribution in [3.63, 3.8) is 0 Å². The molecule has 16 heavy (non-hydrogen) atoms. The van der Waals surface area contributed by atoms with Crippen molar-refractivity contribution in [3.8, 4) is 11.1 Å². The van der Waals surface area contributed by atoms with Gasteiger partial charge in [0.25, 0.3) is 0 Å². The average molecular weight is 211 g/mol. The predicted octanol–water partition coefficient (Wildman–Crippen LogP) is 4.04. The number of aryl methyl sites for hydroxylation is 1. The Morgan fingerprint density at radius 3 is 2.44 bits per heavy atom. The van der Waals surface area contributed by atoms with Crippen LogP contribution in [-0.4, -0.2) is 0 Å². The maximum absolute atomic E-state index is 2.27. The predicted molar refractivity (Wildman–Crippen MR) is 69.2 cm³/mol. The second-order valence-electron chi connectivity index (χ2n) is 4.37. The first kappa shape index (κ1) is 10.9. The molecule has 0 atom stereocenters. The summed E-state index contributed by atoms with van der Waals surface area (Å²) in [5, 5.41) is 0. The van der Waals surface area contributed by atoms with E-state index in [9.17, 15) is 0 Å². The van der Waals surface area contributed by atoms with Crippen molar-refractivity contribution >= 4 is 0 Å². The van der Waals surface area contributed by atoms with E-state index in [0.717, 1.165) is 6.42 Å². The van der Waals surface area contributed by atoms with Gasteiger partial charge in [-0.2, -0.15) is 0 Å². The maximum atomic E-state index is 2.27. The van der Waals surface area contributed by atoms with Gasteiger partial charge >= 0.3 is 0 Å². The van der Waals surface area contributed by atoms with Gasteiger partial charge in [-0.3, -0.25) is 0 Å². The minimum atomic E-state index is 0. The van der Waals surface area contributed by atoms with Crippen molar-refractivity contribution in [1.29, 1.82) is 0 Å². The molecule has 2 aromatic rings. The zero-order valence-electron chi connectivity index (χ0n) is 9.88. The molecule has 0 aromatic heterocycles. The van der Waals surface area contributed by atoms with Gasteiger partial charge in [-0.1, -0.05) is 36.4 Å². The fourth-order valence-electron chi connectivity index (χ4n) is 2.48. The van der Waals surface area contributed by atoms with Gasteiger partial charge in [-0.05, 0) is 53.6 Å². The van der Waals surface area contributed by atoms with E-state index >= 15 is 0 Å². The monoisotopic (exact) mass is 211 g/mol. The van der Waals surface area contributed by atoms with Crippen LogP contribution in [0.3, 0.4) is 0 Å². The molecule has 0 fully saturated rings. The van der Waals surface area contributed by atoms with Crippen LogP contribution in [0.5, 0.6) is 0 Å². The SMILES string of the molecule is Cc1ccc2c(c1C)Cc1ccccc1-2.N. The topological polar surface area (TPSA) is 35.0 Å². The summed E-state index contributed by atoms with van der Waals surface area (Å²) in [5.41, 5.74) is 8.73. The number of fused-ring (bicyclic) bond motifs is 3. The third-order valence-electron chi connectivity index (χ3n) is 3.54. The van der Waals surface area contributed by atoms with Gasteiger partial charge in [0.2, 0.25) is 0 Å². The Kier molecular flexibility index (Phi) is 2.56. The molecule has 1 nitrogen and oxygen atoms in total. The van der Waals surface area contributed by atoms with E-state index in [2.05, 4.69) is 50.2 Å². The molecule has 0 bridgehead atoms. The fourth-order valence-corrected chi connectivity index (χ4v) is 2.48. The van der Waals surface area contributed by atoms with E-state index in [-0.39, 0.29) is 6.15 Å². The highest BCUT2D eigenvalue weighted by Gasteiger charge is 2.19. The van der Waals surface area contributed by atoms with Crippen LogP contribution in [0.4, 0.5) is 0 Å². The van der Waals surface area contributed by atoms with Gasteiger partial charge in [0.1, 0.15) is 0 Å². The molecule has 3 N–H and O–H groups in total. The Balaban J connectivity index is 0.000000963. The molecule has 0 heterocycles. The first-order valence-electron chi connectivity index (χ1n) is 5.45. The van der Waals surface area contributed by atoms with Crippen molar-refractivity contribution in [2.24, 2.45) is 0 Å². The van der Waals surface area contributed by atoms with Gasteiger partial charge in [-0.25, -0.2) is 0 Å². The molecule has 3 rings (SSSR count). The summed E-state index contributed by atoms with van der Waals surface area (Å²) in [6.45, 7) is 4.43. The van der Waals surface area contributed by atoms with Crippen LogP contribution in [0.2, 0.25) is 0 Å². The Morgan fingerprint density at radius 1 is 0.875 bits per heavy atom. The summed E-state index contributed by atoms with van der Waals surface area (Å²) in [5.74, 6) is 0. The van der Waals surface area contributed by atoms with E-state index in [0.29, 0.717) is 0 Å². The summed E-state index contributed by atoms with van der Waals surface area (Å²) in [4.78, 5) is 0. The Bertz CT molecular complexity index is 541. The highest BCUT2D eigenvalue weighted by Crippen LogP contribution is 2.38. The molecule has 1 aliphatic rings. The summed E-state index contributed by atoms with van der Waals surface area (Å²) in [6, 6.07) is 13.2. The van der Waals surface area contributed by atoms with Crippen molar-refractivity contribution in [3.05, 3.63) is 58.7 Å². The molecule has 0 aliphatic heterocycles. The molecule has 1 aliphatic carbocycles. The highest BCUT2D eigenvalue weighted by atomic mass is 14.2. The molecule has 0 unspecified atom stereocenters. The zero-order chi connectivity index (χ0) is 10.4. The van der Waals surface area contributed by atoms with Crippen LogP contribution >= 0.6 is 0 Å². The van der Waals surface area contributed by atoms with Crippen LogP contribution in [0.15, 0.2) is 36.4 Å². The van der Waals surface area contributed by atoms with Crippen molar-refractivity contribution in [2.45, 2.75) is 20.3 Å². The standard InChI is InChI=1S/C15H14.H3N/c1-10-7-8-14-13-6-4-3-5-12(13)9-15(14)11(10)2;/h3-8H,9H2,1-2H3;1H3. The minimum absolute atomic E-state index is 0. The average Bonchev–Trinajstić information content (AvgIpc) is 2.63. The lowest BCUT2D eigenvalue weighted by Crippen LogP contribution is -1.89. The van der Waals surface area contributed by atoms with Gasteiger partial charge in [0, 0.05) is 0 Å². The smallest absolute Gasteiger partial charge is 0.00107 e. The van der Waals surface area contributed by atoms with Gasteiger partial charge in [-0.15, -0.1) is 0 Å². The van der Waals surface area contributed by atoms with E-state index in [1.807, 2.05) is 0 Å². The minimum Gasteiger partial charge on any atom is -0.344 e. The Labute approximate surface area is 96.7 Å². The van der Waals surface area contributed by atoms with Gasteiger partial charge < -0.3 is 6.15 Å². The summed E-state index contributed by atoms with van der Waals surface area (Å²) in [6.07, 6.45) is 1.11. The summed E-state index contributed by atoms with van der Waals surface area (Å²) < 4.78 is 0. The third kappa shape index (κ3) is 1.36. The number of benzene rings is 2. The van der Waals surface area contributed by atoms with E-state index in [4.69, 9.17) is 0 Å². The van der Waals surface area contributed by atoms with Crippen molar-refractivity contribution < 1.29 is 0 Å². The fraction of sp³-hybridized carbons (Fsp3) is 0.200. The normalized spacial score (nSPS) is 11.6. The zero-order valence-corrected chi connectivity index (χ0v) is 9.88. The molecule has 2 aromatic carbocycles. The summed E-state index contributed by atoms with van der Waals surface area (Å²) >= 11 is 0. The molecule has 0 amide bonds. The second kappa shape index (κ2) is 3.76. The Hall–Kier alpha value is -1.60. The third-order valence-corrected chi connectivity index (χ3v) is 3.54. The first-order chi connectivity index (χ1) is 7.27. The largest absolute Gasteiger partial charge is 0.344 e. The Morgan fingerprint density at radius 2 is 1.62 bits per heavy atom. The van der Waals surface area contributed by atoms with E-state index in [1.165, 1.54) is 33.4 Å². The quantitative estimate of drug-likeness (QED) is 0.598. The number of rotatable bonds is 0. The molecule has 1 heteroatoms. The van der Waals surface area contributed by atoms with Crippen LogP contribution in [0.1, 0.15) is 22.3 Å². The molecule has 0 saturated carbocycles. The van der Waals surface area contributed by atoms with Gasteiger partial charge in [0.15, 0.2) is 0 Å². The molecule has 0 saturated heterocycles. The first-order valence-corrected chi connectivity index (χ1v) is 5.45. The molecule has 0 radical (unpaired) electrons. The van der Waals surface area contributed by atoms with Crippen molar-refractivity contribution in [2.75, 3.05) is 0 Å². The number of hydrogen-bond donors (Lipinski definition) is 1. The molecule has 0 spiro atoms. The van der Waals surface area contributed by atoms with Crippen LogP contribution in [-0.2, 0) is 6.42 Å². The lowest BCUT2D eigenvalue weighted by molar-refractivity contribution is 1.19. The van der Waals surface area contributed by atoms with E-state index in [1.54, 1.807) is 0 Å². The van der Waals surface area contributed by atoms with Crippen LogP contribution in [0, 0.1) is 13.8 Å².